The topological polar surface area (TPSA) is 51.0 Å². The normalized spacial score (nSPS) is 23.2. The first kappa shape index (κ1) is 19.1. The van der Waals surface area contributed by atoms with Crippen LogP contribution in [0, 0.1) is 5.82 Å². The fourth-order valence-electron chi connectivity index (χ4n) is 3.59. The average molecular weight is 497 g/mol. The number of fused-ring (bicyclic) bond motifs is 1. The maximum absolute atomic E-state index is 13.9. The molecule has 1 N–H and O–H groups in total. The molecule has 2 aromatic rings. The van der Waals surface area contributed by atoms with Gasteiger partial charge in [0.1, 0.15) is 0 Å². The minimum Gasteiger partial charge on any atom is -0.423 e. The van der Waals surface area contributed by atoms with Crippen LogP contribution in [0.5, 0.6) is 0 Å². The van der Waals surface area contributed by atoms with Gasteiger partial charge in [-0.3, -0.25) is 0 Å². The summed E-state index contributed by atoms with van der Waals surface area (Å²) in [5.41, 5.74) is 2.99. The van der Waals surface area contributed by atoms with Gasteiger partial charge < -0.3 is 14.5 Å². The Morgan fingerprint density at radius 1 is 1.15 bits per heavy atom. The van der Waals surface area contributed by atoms with Crippen molar-refractivity contribution in [2.24, 2.45) is 5.16 Å². The number of halogens is 3. The van der Waals surface area contributed by atoms with E-state index in [9.17, 15) is 9.41 Å². The molecular weight excluding hydrogens is 480 g/mol. The van der Waals surface area contributed by atoms with Gasteiger partial charge in [-0.1, -0.05) is 17.3 Å². The van der Waals surface area contributed by atoms with Gasteiger partial charge in [0.05, 0.1) is 20.3 Å². The molecule has 1 atom stereocenters. The van der Waals surface area contributed by atoms with E-state index in [1.54, 1.807) is 12.1 Å². The second kappa shape index (κ2) is 6.41. The average Bonchev–Trinajstić information content (AvgIpc) is 3.11. The lowest BCUT2D eigenvalue weighted by Gasteiger charge is -2.23. The molecule has 0 bridgehead atoms. The standard InChI is InChI=1S/C19H17BBr2FNO3/c1-18(2)12-6-10(4-5-13(12)20(25)26-18)16-9-19(3,27-24-16)11-7-14(21)17(23)15(22)8-11/h4-8,25H,9H2,1-3H3. The molecule has 0 saturated heterocycles. The molecule has 4 rings (SSSR count). The number of benzene rings is 2. The molecule has 2 aliphatic heterocycles. The quantitative estimate of drug-likeness (QED) is 0.497. The molecule has 0 radical (unpaired) electrons. The fourth-order valence-corrected chi connectivity index (χ4v) is 4.78. The minimum absolute atomic E-state index is 0.346. The lowest BCUT2D eigenvalue weighted by molar-refractivity contribution is -0.00752. The van der Waals surface area contributed by atoms with Crippen LogP contribution in [-0.2, 0) is 20.7 Å². The summed E-state index contributed by atoms with van der Waals surface area (Å²) in [6.45, 7) is 5.78. The summed E-state index contributed by atoms with van der Waals surface area (Å²) in [5, 5.41) is 14.4. The zero-order chi connectivity index (χ0) is 19.6. The number of rotatable bonds is 2. The summed E-state index contributed by atoms with van der Waals surface area (Å²) >= 11 is 6.49. The van der Waals surface area contributed by atoms with Crippen LogP contribution in [0.15, 0.2) is 44.4 Å². The van der Waals surface area contributed by atoms with Gasteiger partial charge in [-0.15, -0.1) is 0 Å². The number of oxime groups is 1. The van der Waals surface area contributed by atoms with Crippen molar-refractivity contribution in [3.8, 4) is 0 Å². The Balaban J connectivity index is 1.66. The smallest absolute Gasteiger partial charge is 0.423 e. The highest BCUT2D eigenvalue weighted by atomic mass is 79.9. The molecule has 0 spiro atoms. The first-order chi connectivity index (χ1) is 12.6. The van der Waals surface area contributed by atoms with Crippen molar-refractivity contribution in [1.82, 2.24) is 0 Å². The third-order valence-corrected chi connectivity index (χ3v) is 6.32. The minimum atomic E-state index is -0.912. The molecule has 0 amide bonds. The Kier molecular flexibility index (Phi) is 4.54. The molecule has 0 aliphatic carbocycles. The molecule has 4 nitrogen and oxygen atoms in total. The van der Waals surface area contributed by atoms with E-state index in [2.05, 4.69) is 37.0 Å². The summed E-state index contributed by atoms with van der Waals surface area (Å²) in [4.78, 5) is 5.78. The van der Waals surface area contributed by atoms with Gasteiger partial charge in [0.2, 0.25) is 0 Å². The van der Waals surface area contributed by atoms with E-state index in [0.717, 1.165) is 27.9 Å². The molecule has 0 saturated carbocycles. The zero-order valence-corrected chi connectivity index (χ0v) is 18.2. The predicted molar refractivity (Wildman–Crippen MR) is 110 cm³/mol. The van der Waals surface area contributed by atoms with Crippen molar-refractivity contribution >= 4 is 50.2 Å². The van der Waals surface area contributed by atoms with Crippen LogP contribution in [-0.4, -0.2) is 17.9 Å². The largest absolute Gasteiger partial charge is 0.492 e. The van der Waals surface area contributed by atoms with Gasteiger partial charge >= 0.3 is 7.12 Å². The third kappa shape index (κ3) is 3.16. The lowest BCUT2D eigenvalue weighted by atomic mass is 9.77. The van der Waals surface area contributed by atoms with Crippen LogP contribution >= 0.6 is 31.9 Å². The first-order valence-corrected chi connectivity index (χ1v) is 10.1. The maximum atomic E-state index is 13.9. The summed E-state index contributed by atoms with van der Waals surface area (Å²) < 4.78 is 20.3. The van der Waals surface area contributed by atoms with Gasteiger partial charge in [0.25, 0.3) is 0 Å². The Hall–Kier alpha value is -1.22. The molecule has 2 aliphatic rings. The van der Waals surface area contributed by atoms with Crippen molar-refractivity contribution < 1.29 is 18.9 Å². The third-order valence-electron chi connectivity index (χ3n) is 5.16. The van der Waals surface area contributed by atoms with Crippen molar-refractivity contribution in [3.63, 3.8) is 0 Å². The SMILES string of the molecule is CC1(C)OB(O)c2ccc(C3=NOC(C)(c4cc(Br)c(F)c(Br)c4)C3)cc21. The van der Waals surface area contributed by atoms with Crippen LogP contribution in [0.25, 0.3) is 0 Å². The van der Waals surface area contributed by atoms with E-state index in [4.69, 9.17) is 9.49 Å². The molecule has 0 fully saturated rings. The lowest BCUT2D eigenvalue weighted by Crippen LogP contribution is -2.28. The maximum Gasteiger partial charge on any atom is 0.492 e. The van der Waals surface area contributed by atoms with Crippen LogP contribution < -0.4 is 5.46 Å². The molecule has 8 heteroatoms. The highest BCUT2D eigenvalue weighted by Gasteiger charge is 2.42. The van der Waals surface area contributed by atoms with Crippen molar-refractivity contribution in [3.05, 3.63) is 61.8 Å². The molecule has 140 valence electrons. The Morgan fingerprint density at radius 2 is 1.81 bits per heavy atom. The molecule has 27 heavy (non-hydrogen) atoms. The molecule has 2 aromatic carbocycles. The van der Waals surface area contributed by atoms with E-state index in [-0.39, 0.29) is 5.82 Å². The van der Waals surface area contributed by atoms with Gasteiger partial charge in [-0.25, -0.2) is 4.39 Å². The number of hydrogen-bond acceptors (Lipinski definition) is 4. The predicted octanol–water partition coefficient (Wildman–Crippen LogP) is 4.34. The van der Waals surface area contributed by atoms with Gasteiger partial charge in [0.15, 0.2) is 11.4 Å². The Bertz CT molecular complexity index is 958. The number of hydrogen-bond donors (Lipinski definition) is 1. The van der Waals surface area contributed by atoms with Crippen LogP contribution in [0.1, 0.15) is 43.9 Å². The Labute approximate surface area is 174 Å². The van der Waals surface area contributed by atoms with Gasteiger partial charge in [-0.2, -0.15) is 0 Å². The molecular formula is C19H17BBr2FNO3. The van der Waals surface area contributed by atoms with E-state index in [0.29, 0.717) is 15.4 Å². The van der Waals surface area contributed by atoms with Crippen LogP contribution in [0.3, 0.4) is 0 Å². The van der Waals surface area contributed by atoms with Crippen molar-refractivity contribution in [2.75, 3.05) is 0 Å². The highest BCUT2D eigenvalue weighted by molar-refractivity contribution is 9.11. The van der Waals surface area contributed by atoms with E-state index in [1.807, 2.05) is 39.0 Å². The highest BCUT2D eigenvalue weighted by Crippen LogP contribution is 2.40. The van der Waals surface area contributed by atoms with Gasteiger partial charge in [0, 0.05) is 12.0 Å². The monoisotopic (exact) mass is 495 g/mol. The molecule has 2 heterocycles. The summed E-state index contributed by atoms with van der Waals surface area (Å²) in [6.07, 6.45) is 0.542. The van der Waals surface area contributed by atoms with Gasteiger partial charge in [-0.05, 0) is 87.4 Å². The summed E-state index contributed by atoms with van der Waals surface area (Å²) in [6, 6.07) is 9.21. The van der Waals surface area contributed by atoms with E-state index < -0.39 is 18.3 Å². The van der Waals surface area contributed by atoms with Crippen LogP contribution in [0.2, 0.25) is 0 Å². The Morgan fingerprint density at radius 3 is 2.48 bits per heavy atom. The molecule has 1 unspecified atom stereocenters. The van der Waals surface area contributed by atoms with Crippen molar-refractivity contribution in [1.29, 1.82) is 0 Å². The second-order valence-corrected chi connectivity index (χ2v) is 9.28. The van der Waals surface area contributed by atoms with E-state index >= 15 is 0 Å². The second-order valence-electron chi connectivity index (χ2n) is 7.57. The first-order valence-electron chi connectivity index (χ1n) is 8.51. The molecule has 0 aromatic heterocycles. The summed E-state index contributed by atoms with van der Waals surface area (Å²) in [5.74, 6) is -0.346. The fraction of sp³-hybridized carbons (Fsp3) is 0.316. The summed E-state index contributed by atoms with van der Waals surface area (Å²) in [7, 11) is -0.912. The van der Waals surface area contributed by atoms with E-state index in [1.165, 1.54) is 0 Å². The number of nitrogens with zero attached hydrogens (tertiary/aromatic N) is 1. The zero-order valence-electron chi connectivity index (χ0n) is 15.0. The van der Waals surface area contributed by atoms with Crippen molar-refractivity contribution in [2.45, 2.75) is 38.4 Å². The van der Waals surface area contributed by atoms with Crippen LogP contribution in [0.4, 0.5) is 4.39 Å².